The van der Waals surface area contributed by atoms with Crippen molar-refractivity contribution in [3.8, 4) is 22.8 Å². The molecule has 0 bridgehead atoms. The Balaban J connectivity index is 1.91. The molecule has 26 heavy (non-hydrogen) atoms. The monoisotopic (exact) mass is 351 g/mol. The summed E-state index contributed by atoms with van der Waals surface area (Å²) in [6.07, 6.45) is 7.10. The molecule has 5 heteroatoms. The minimum Gasteiger partial charge on any atom is -0.493 e. The fraction of sp³-hybridized carbons (Fsp3) is 0.381. The summed E-state index contributed by atoms with van der Waals surface area (Å²) >= 11 is 0. The third kappa shape index (κ3) is 2.87. The second-order valence-corrected chi connectivity index (χ2v) is 6.91. The van der Waals surface area contributed by atoms with Gasteiger partial charge in [-0.2, -0.15) is 0 Å². The van der Waals surface area contributed by atoms with Gasteiger partial charge >= 0.3 is 0 Å². The molecule has 2 heterocycles. The first kappa shape index (κ1) is 16.8. The van der Waals surface area contributed by atoms with Crippen LogP contribution in [0.3, 0.4) is 0 Å². The van der Waals surface area contributed by atoms with Crippen molar-refractivity contribution in [1.82, 2.24) is 9.38 Å². The van der Waals surface area contributed by atoms with E-state index in [4.69, 9.17) is 14.5 Å². The quantitative estimate of drug-likeness (QED) is 0.725. The molecule has 0 aliphatic heterocycles. The van der Waals surface area contributed by atoms with Crippen LogP contribution in [0.25, 0.3) is 16.9 Å². The Morgan fingerprint density at radius 1 is 1.08 bits per heavy atom. The number of fused-ring (bicyclic) bond motifs is 1. The standard InChI is InChI=1S/C21H25N3O2/c1-14-11-12-18-23-19(16-9-6-10-17(25-2)20(16)26-3)21(24(18)13-14)22-15-7-4-5-8-15/h6,9-13,15,22H,4-5,7-8H2,1-3H3. The number of rotatable bonds is 5. The number of ether oxygens (including phenoxy) is 2. The van der Waals surface area contributed by atoms with Crippen molar-refractivity contribution in [1.29, 1.82) is 0 Å². The van der Waals surface area contributed by atoms with E-state index in [0.29, 0.717) is 17.5 Å². The molecule has 2 aromatic heterocycles. The zero-order valence-electron chi connectivity index (χ0n) is 15.6. The van der Waals surface area contributed by atoms with E-state index in [1.807, 2.05) is 18.2 Å². The zero-order valence-corrected chi connectivity index (χ0v) is 15.6. The van der Waals surface area contributed by atoms with Gasteiger partial charge in [0.15, 0.2) is 11.5 Å². The average molecular weight is 351 g/mol. The third-order valence-corrected chi connectivity index (χ3v) is 5.12. The lowest BCUT2D eigenvalue weighted by molar-refractivity contribution is 0.356. The SMILES string of the molecule is COc1cccc(-c2nc3ccc(C)cn3c2NC2CCCC2)c1OC. The normalized spacial score (nSPS) is 14.7. The van der Waals surface area contributed by atoms with Crippen molar-refractivity contribution in [3.05, 3.63) is 42.1 Å². The summed E-state index contributed by atoms with van der Waals surface area (Å²) in [7, 11) is 3.33. The summed E-state index contributed by atoms with van der Waals surface area (Å²) in [5.74, 6) is 2.46. The smallest absolute Gasteiger partial charge is 0.170 e. The van der Waals surface area contributed by atoms with Gasteiger partial charge in [0.05, 0.1) is 14.2 Å². The van der Waals surface area contributed by atoms with Crippen LogP contribution in [0, 0.1) is 6.92 Å². The zero-order chi connectivity index (χ0) is 18.1. The fourth-order valence-electron chi connectivity index (χ4n) is 3.81. The van der Waals surface area contributed by atoms with Gasteiger partial charge in [-0.05, 0) is 43.5 Å². The van der Waals surface area contributed by atoms with E-state index >= 15 is 0 Å². The molecule has 1 aromatic carbocycles. The number of para-hydroxylation sites is 1. The van der Waals surface area contributed by atoms with Crippen molar-refractivity contribution in [2.75, 3.05) is 19.5 Å². The van der Waals surface area contributed by atoms with Gasteiger partial charge in [0.2, 0.25) is 0 Å². The van der Waals surface area contributed by atoms with Crippen LogP contribution in [0.4, 0.5) is 5.82 Å². The van der Waals surface area contributed by atoms with Gasteiger partial charge in [-0.1, -0.05) is 25.0 Å². The summed E-state index contributed by atoms with van der Waals surface area (Å²) < 4.78 is 13.3. The lowest BCUT2D eigenvalue weighted by Gasteiger charge is -2.16. The van der Waals surface area contributed by atoms with E-state index < -0.39 is 0 Å². The second-order valence-electron chi connectivity index (χ2n) is 6.91. The number of imidazole rings is 1. The van der Waals surface area contributed by atoms with Crippen molar-refractivity contribution in [2.24, 2.45) is 0 Å². The van der Waals surface area contributed by atoms with Gasteiger partial charge in [-0.3, -0.25) is 4.40 Å². The number of benzene rings is 1. The maximum atomic E-state index is 5.66. The Kier molecular flexibility index (Phi) is 4.45. The van der Waals surface area contributed by atoms with Crippen molar-refractivity contribution < 1.29 is 9.47 Å². The maximum absolute atomic E-state index is 5.66. The Hall–Kier alpha value is -2.69. The highest BCUT2D eigenvalue weighted by atomic mass is 16.5. The summed E-state index contributed by atoms with van der Waals surface area (Å²) in [6.45, 7) is 2.10. The van der Waals surface area contributed by atoms with Crippen LogP contribution in [-0.4, -0.2) is 29.6 Å². The molecule has 0 unspecified atom stereocenters. The number of aryl methyl sites for hydroxylation is 1. The van der Waals surface area contributed by atoms with Gasteiger partial charge in [-0.15, -0.1) is 0 Å². The number of hydrogen-bond acceptors (Lipinski definition) is 4. The first-order valence-electron chi connectivity index (χ1n) is 9.18. The van der Waals surface area contributed by atoms with E-state index in [0.717, 1.165) is 22.7 Å². The maximum Gasteiger partial charge on any atom is 0.170 e. The first-order chi connectivity index (χ1) is 12.7. The number of anilines is 1. The van der Waals surface area contributed by atoms with Gasteiger partial charge < -0.3 is 14.8 Å². The second kappa shape index (κ2) is 6.90. The highest BCUT2D eigenvalue weighted by Gasteiger charge is 2.23. The van der Waals surface area contributed by atoms with Crippen LogP contribution in [0.2, 0.25) is 0 Å². The number of methoxy groups -OCH3 is 2. The van der Waals surface area contributed by atoms with E-state index in [1.54, 1.807) is 14.2 Å². The molecular formula is C21H25N3O2. The molecule has 0 spiro atoms. The highest BCUT2D eigenvalue weighted by molar-refractivity contribution is 5.82. The van der Waals surface area contributed by atoms with Crippen LogP contribution in [0.5, 0.6) is 11.5 Å². The van der Waals surface area contributed by atoms with Crippen LogP contribution in [0.15, 0.2) is 36.5 Å². The first-order valence-corrected chi connectivity index (χ1v) is 9.18. The summed E-state index contributed by atoms with van der Waals surface area (Å²) in [5.41, 5.74) is 3.97. The van der Waals surface area contributed by atoms with E-state index in [9.17, 15) is 0 Å². The minimum atomic E-state index is 0.491. The number of aromatic nitrogens is 2. The lowest BCUT2D eigenvalue weighted by Crippen LogP contribution is -2.16. The molecule has 1 aliphatic carbocycles. The fourth-order valence-corrected chi connectivity index (χ4v) is 3.81. The number of nitrogens with zero attached hydrogens (tertiary/aromatic N) is 2. The van der Waals surface area contributed by atoms with Crippen LogP contribution >= 0.6 is 0 Å². The molecular weight excluding hydrogens is 326 g/mol. The Morgan fingerprint density at radius 3 is 2.62 bits per heavy atom. The topological polar surface area (TPSA) is 47.8 Å². The predicted molar refractivity (Wildman–Crippen MR) is 104 cm³/mol. The molecule has 136 valence electrons. The van der Waals surface area contributed by atoms with Crippen LogP contribution in [0.1, 0.15) is 31.2 Å². The molecule has 1 fully saturated rings. The Labute approximate surface area is 154 Å². The Bertz CT molecular complexity index is 926. The molecule has 0 saturated heterocycles. The molecule has 1 aliphatic rings. The van der Waals surface area contributed by atoms with Gasteiger partial charge in [0.25, 0.3) is 0 Å². The number of hydrogen-bond donors (Lipinski definition) is 1. The number of pyridine rings is 1. The van der Waals surface area contributed by atoms with Gasteiger partial charge in [0.1, 0.15) is 17.2 Å². The molecule has 3 aromatic rings. The molecule has 0 radical (unpaired) electrons. The molecule has 5 nitrogen and oxygen atoms in total. The van der Waals surface area contributed by atoms with Crippen molar-refractivity contribution >= 4 is 11.5 Å². The Morgan fingerprint density at radius 2 is 1.88 bits per heavy atom. The van der Waals surface area contributed by atoms with E-state index in [1.165, 1.54) is 31.2 Å². The largest absolute Gasteiger partial charge is 0.493 e. The average Bonchev–Trinajstić information content (AvgIpc) is 3.29. The molecule has 0 amide bonds. The number of nitrogens with one attached hydrogen (secondary N) is 1. The lowest BCUT2D eigenvalue weighted by atomic mass is 10.1. The van der Waals surface area contributed by atoms with Crippen molar-refractivity contribution in [2.45, 2.75) is 38.6 Å². The minimum absolute atomic E-state index is 0.491. The van der Waals surface area contributed by atoms with Gasteiger partial charge in [0, 0.05) is 17.8 Å². The van der Waals surface area contributed by atoms with Crippen LogP contribution < -0.4 is 14.8 Å². The summed E-state index contributed by atoms with van der Waals surface area (Å²) in [5, 5.41) is 3.75. The highest BCUT2D eigenvalue weighted by Crippen LogP contribution is 2.41. The third-order valence-electron chi connectivity index (χ3n) is 5.12. The van der Waals surface area contributed by atoms with E-state index in [-0.39, 0.29) is 0 Å². The molecule has 1 saturated carbocycles. The predicted octanol–water partition coefficient (Wildman–Crippen LogP) is 4.68. The summed E-state index contributed by atoms with van der Waals surface area (Å²) in [4.78, 5) is 4.92. The molecule has 4 rings (SSSR count). The van der Waals surface area contributed by atoms with E-state index in [2.05, 4.69) is 35.0 Å². The van der Waals surface area contributed by atoms with Gasteiger partial charge in [-0.25, -0.2) is 4.98 Å². The summed E-state index contributed by atoms with van der Waals surface area (Å²) in [6, 6.07) is 10.6. The molecule has 0 atom stereocenters. The molecule has 1 N–H and O–H groups in total. The van der Waals surface area contributed by atoms with Crippen molar-refractivity contribution in [3.63, 3.8) is 0 Å². The van der Waals surface area contributed by atoms with Crippen LogP contribution in [-0.2, 0) is 0 Å².